The molecule has 0 aliphatic carbocycles. The first-order valence-electron chi connectivity index (χ1n) is 15.1. The summed E-state index contributed by atoms with van der Waals surface area (Å²) < 4.78 is 119. The standard InChI is InChI=1S/C19H22F3NO3.C13H14F2N2O4.CHF3/c1-5-26-11-13-8-16(24-3)15(17(9-13)25-4)10-14-6-7-23-12(2)18(14)19(20,21)22;14-9-5-8(17-1-3-21-4-2-17)6-10(15)12(9)13(20)16-7-11(18)19;2-1(3)4/h6-9H,5,10-11H2,1-4H3;5-6H,1-4,7H2,(H,16,20)(H,18,19);1H. The van der Waals surface area contributed by atoms with E-state index in [1.165, 1.54) is 33.4 Å². The second kappa shape index (κ2) is 20.2. The zero-order valence-electron chi connectivity index (χ0n) is 28.0. The Labute approximate surface area is 288 Å². The predicted octanol–water partition coefficient (Wildman–Crippen LogP) is 6.35. The zero-order valence-corrected chi connectivity index (χ0v) is 28.0. The van der Waals surface area contributed by atoms with Crippen LogP contribution in [0.5, 0.6) is 11.5 Å². The number of nitrogens with one attached hydrogen (secondary N) is 1. The molecule has 2 aromatic carbocycles. The number of hydrogen-bond acceptors (Lipinski definition) is 8. The van der Waals surface area contributed by atoms with Crippen molar-refractivity contribution in [2.24, 2.45) is 0 Å². The Bertz CT molecular complexity index is 1550. The van der Waals surface area contributed by atoms with Crippen LogP contribution in [0, 0.1) is 18.6 Å². The Balaban J connectivity index is 0.000000325. The lowest BCUT2D eigenvalue weighted by molar-refractivity contribution is -0.139. The second-order valence-corrected chi connectivity index (χ2v) is 10.4. The molecular weight excluding hydrogens is 702 g/mol. The average molecular weight is 740 g/mol. The lowest BCUT2D eigenvalue weighted by atomic mass is 9.96. The number of carboxylic acid groups (broad SMARTS) is 1. The highest BCUT2D eigenvalue weighted by Crippen LogP contribution is 2.38. The van der Waals surface area contributed by atoms with Crippen LogP contribution in [0.4, 0.5) is 40.8 Å². The van der Waals surface area contributed by atoms with Crippen LogP contribution in [0.1, 0.15) is 45.2 Å². The van der Waals surface area contributed by atoms with E-state index in [0.717, 1.165) is 17.7 Å². The van der Waals surface area contributed by atoms with Crippen molar-refractivity contribution < 1.29 is 68.8 Å². The number of benzene rings is 2. The summed E-state index contributed by atoms with van der Waals surface area (Å²) in [6.07, 6.45) is -3.09. The Hall–Kier alpha value is -4.71. The number of rotatable bonds is 11. The van der Waals surface area contributed by atoms with Crippen LogP contribution in [0.25, 0.3) is 0 Å². The summed E-state index contributed by atoms with van der Waals surface area (Å²) in [7, 11) is 2.95. The number of aliphatic carboxylic acids is 1. The minimum atomic E-state index is -4.48. The second-order valence-electron chi connectivity index (χ2n) is 10.4. The van der Waals surface area contributed by atoms with Crippen molar-refractivity contribution in [1.29, 1.82) is 0 Å². The lowest BCUT2D eigenvalue weighted by Gasteiger charge is -2.29. The summed E-state index contributed by atoms with van der Waals surface area (Å²) in [5.41, 5.74) is 0.261. The highest BCUT2D eigenvalue weighted by atomic mass is 19.4. The molecule has 1 aromatic heterocycles. The number of alkyl halides is 6. The molecule has 2 N–H and O–H groups in total. The Morgan fingerprint density at radius 1 is 1.02 bits per heavy atom. The van der Waals surface area contributed by atoms with Gasteiger partial charge in [-0.1, -0.05) is 0 Å². The number of nitrogens with zero attached hydrogens (tertiary/aromatic N) is 2. The molecular formula is C33H37F8N3O7. The number of aryl methyl sites for hydroxylation is 1. The van der Waals surface area contributed by atoms with Crippen LogP contribution in [0.2, 0.25) is 0 Å². The van der Waals surface area contributed by atoms with Crippen molar-refractivity contribution in [2.45, 2.75) is 39.7 Å². The summed E-state index contributed by atoms with van der Waals surface area (Å²) >= 11 is 0. The maximum absolute atomic E-state index is 13.9. The van der Waals surface area contributed by atoms with Gasteiger partial charge < -0.3 is 34.3 Å². The van der Waals surface area contributed by atoms with Crippen LogP contribution in [-0.2, 0) is 33.5 Å². The van der Waals surface area contributed by atoms with Gasteiger partial charge in [-0.25, -0.2) is 8.78 Å². The molecule has 0 bridgehead atoms. The van der Waals surface area contributed by atoms with E-state index < -0.39 is 54.0 Å². The normalized spacial score (nSPS) is 12.7. The van der Waals surface area contributed by atoms with Gasteiger partial charge in [-0.15, -0.1) is 0 Å². The molecule has 1 amide bonds. The lowest BCUT2D eigenvalue weighted by Crippen LogP contribution is -2.36. The number of morpholine rings is 1. The van der Waals surface area contributed by atoms with Gasteiger partial charge >= 0.3 is 18.8 Å². The molecule has 0 saturated carbocycles. The van der Waals surface area contributed by atoms with Gasteiger partial charge in [-0.2, -0.15) is 26.3 Å². The molecule has 0 radical (unpaired) electrons. The van der Waals surface area contributed by atoms with E-state index in [1.54, 1.807) is 17.0 Å². The molecule has 4 rings (SSSR count). The van der Waals surface area contributed by atoms with Crippen molar-refractivity contribution >= 4 is 17.6 Å². The van der Waals surface area contributed by atoms with E-state index in [9.17, 15) is 44.7 Å². The monoisotopic (exact) mass is 739 g/mol. The van der Waals surface area contributed by atoms with Gasteiger partial charge in [0.05, 0.1) is 39.6 Å². The topological polar surface area (TPSA) is 119 Å². The van der Waals surface area contributed by atoms with E-state index in [0.29, 0.717) is 62.3 Å². The SMILES string of the molecule is CCOCc1cc(OC)c(Cc2ccnc(C)c2C(F)(F)F)c(OC)c1.FC(F)F.O=C(O)CNC(=O)c1c(F)cc(N2CCOCC2)cc1F. The first kappa shape index (κ1) is 42.5. The molecule has 0 spiro atoms. The van der Waals surface area contributed by atoms with E-state index in [2.05, 4.69) is 4.98 Å². The van der Waals surface area contributed by atoms with Crippen molar-refractivity contribution in [1.82, 2.24) is 10.3 Å². The molecule has 10 nitrogen and oxygen atoms in total. The summed E-state index contributed by atoms with van der Waals surface area (Å²) in [5, 5.41) is 10.4. The third kappa shape index (κ3) is 13.2. The maximum Gasteiger partial charge on any atom is 0.418 e. The van der Waals surface area contributed by atoms with Gasteiger partial charge in [0.1, 0.15) is 35.2 Å². The van der Waals surface area contributed by atoms with Crippen LogP contribution in [-0.4, -0.2) is 82.3 Å². The summed E-state index contributed by atoms with van der Waals surface area (Å²) in [6.45, 7) is 1.71. The van der Waals surface area contributed by atoms with Gasteiger partial charge in [0.15, 0.2) is 0 Å². The molecule has 2 heterocycles. The van der Waals surface area contributed by atoms with Gasteiger partial charge in [-0.05, 0) is 55.3 Å². The van der Waals surface area contributed by atoms with Gasteiger partial charge in [0.2, 0.25) is 0 Å². The van der Waals surface area contributed by atoms with Crippen LogP contribution in [0.15, 0.2) is 36.5 Å². The zero-order chi connectivity index (χ0) is 38.3. The third-order valence-electron chi connectivity index (χ3n) is 7.05. The van der Waals surface area contributed by atoms with Crippen molar-refractivity contribution in [2.75, 3.05) is 58.6 Å². The van der Waals surface area contributed by atoms with Crippen LogP contribution >= 0.6 is 0 Å². The molecule has 3 aromatic rings. The number of pyridine rings is 1. The Kier molecular flexibility index (Phi) is 16.8. The van der Waals surface area contributed by atoms with Gasteiger partial charge in [0.25, 0.3) is 5.91 Å². The number of anilines is 1. The van der Waals surface area contributed by atoms with Crippen molar-refractivity contribution in [3.05, 3.63) is 81.7 Å². The molecule has 1 aliphatic rings. The molecule has 1 aliphatic heterocycles. The Morgan fingerprint density at radius 2 is 1.57 bits per heavy atom. The maximum atomic E-state index is 13.9. The Morgan fingerprint density at radius 3 is 2.04 bits per heavy atom. The molecule has 51 heavy (non-hydrogen) atoms. The van der Waals surface area contributed by atoms with Crippen molar-refractivity contribution in [3.63, 3.8) is 0 Å². The van der Waals surface area contributed by atoms with E-state index >= 15 is 0 Å². The number of ether oxygens (including phenoxy) is 4. The minimum absolute atomic E-state index is 0.0134. The van der Waals surface area contributed by atoms with E-state index in [-0.39, 0.29) is 17.7 Å². The molecule has 282 valence electrons. The van der Waals surface area contributed by atoms with E-state index in [4.69, 9.17) is 24.1 Å². The third-order valence-corrected chi connectivity index (χ3v) is 7.05. The summed E-state index contributed by atoms with van der Waals surface area (Å²) in [6, 6.07) is 7.01. The molecule has 0 unspecified atom stereocenters. The average Bonchev–Trinajstić information content (AvgIpc) is 3.06. The number of methoxy groups -OCH3 is 2. The predicted molar refractivity (Wildman–Crippen MR) is 168 cm³/mol. The number of halogens is 8. The molecule has 1 saturated heterocycles. The highest BCUT2D eigenvalue weighted by molar-refractivity contribution is 5.96. The number of carbonyl (C=O) groups is 2. The summed E-state index contributed by atoms with van der Waals surface area (Å²) in [4.78, 5) is 27.5. The van der Waals surface area contributed by atoms with Crippen molar-refractivity contribution in [3.8, 4) is 11.5 Å². The highest BCUT2D eigenvalue weighted by Gasteiger charge is 2.36. The molecule has 18 heteroatoms. The van der Waals surface area contributed by atoms with Crippen LogP contribution < -0.4 is 19.7 Å². The fraction of sp³-hybridized carbons (Fsp3) is 0.424. The largest absolute Gasteiger partial charge is 0.496 e. The fourth-order valence-electron chi connectivity index (χ4n) is 4.89. The molecule has 0 atom stereocenters. The van der Waals surface area contributed by atoms with Gasteiger partial charge in [0, 0.05) is 49.3 Å². The first-order chi connectivity index (χ1) is 24.0. The number of carboxylic acids is 1. The quantitative estimate of drug-likeness (QED) is 0.217. The van der Waals surface area contributed by atoms with E-state index in [1.807, 2.05) is 12.2 Å². The first-order valence-corrected chi connectivity index (χ1v) is 15.1. The number of carbonyl (C=O) groups excluding carboxylic acids is 1. The smallest absolute Gasteiger partial charge is 0.418 e. The number of hydrogen-bond donors (Lipinski definition) is 2. The minimum Gasteiger partial charge on any atom is -0.496 e. The summed E-state index contributed by atoms with van der Waals surface area (Å²) in [5.74, 6) is -3.53. The number of aromatic nitrogens is 1. The fourth-order valence-corrected chi connectivity index (χ4v) is 4.89. The van der Waals surface area contributed by atoms with Gasteiger partial charge in [-0.3, -0.25) is 14.6 Å². The molecule has 1 fully saturated rings. The van der Waals surface area contributed by atoms with Crippen LogP contribution in [0.3, 0.4) is 0 Å². The number of amides is 1.